The summed E-state index contributed by atoms with van der Waals surface area (Å²) in [6, 6.07) is 0. The van der Waals surface area contributed by atoms with Gasteiger partial charge in [-0.1, -0.05) is 24.1 Å². The fourth-order valence-corrected chi connectivity index (χ4v) is 10.4. The lowest BCUT2D eigenvalue weighted by Crippen LogP contribution is -2.36. The number of imidazole rings is 1. The van der Waals surface area contributed by atoms with Crippen molar-refractivity contribution in [2.75, 3.05) is 25.5 Å². The predicted octanol–water partition coefficient (Wildman–Crippen LogP) is 0.969. The maximum absolute atomic E-state index is 16.4. The number of aliphatic hydroxyl groups excluding tert-OH is 1. The van der Waals surface area contributed by atoms with Crippen LogP contribution in [0.15, 0.2) is 35.0 Å². The SMILES string of the molecule is NCCn1cnc2c(ncn2[C@@H]2O[C@@H]3COP([O-])(=S)O[C@H]4[C@@H](F)[C@H](n5cc6c7c(ncnc75)SCCC6)O[C@@H]4COP(=O)(S)O[C@@H]2[C@@H]3O)c1=O. The molecule has 50 heavy (non-hydrogen) atoms. The van der Waals surface area contributed by atoms with E-state index >= 15 is 4.39 Å². The molecule has 270 valence electrons. The van der Waals surface area contributed by atoms with Gasteiger partial charge in [-0.2, -0.15) is 0 Å². The lowest BCUT2D eigenvalue weighted by Gasteiger charge is -2.33. The van der Waals surface area contributed by atoms with Crippen molar-refractivity contribution in [3.05, 3.63) is 41.1 Å². The molecule has 4 aliphatic rings. The highest BCUT2D eigenvalue weighted by Gasteiger charge is 2.52. The lowest BCUT2D eigenvalue weighted by molar-refractivity contribution is -0.216. The standard InChI is InChI=1S/C26H31FN8O10P2S3/c27-16-19-14(43-25(16)34-6-12-2-1-5-50-23-15(12)21(34)29-9-30-23)8-41-47(39,49)45-20-18(36)13(7-40-46(38,48)44-19)42-26(20)35-11-31-17-22(35)32-10-33(4-3-28)24(17)37/h6,9-11,13-14,16,18-20,25-26,36H,1-5,7-8,28H2,(H,38,48)(H,39,49)/p-1/t13-,14-,16-,18-,19-,20-,25-,26-,46?,47?/m1/s1. The maximum Gasteiger partial charge on any atom is 0.386 e. The van der Waals surface area contributed by atoms with Gasteiger partial charge in [0.15, 0.2) is 29.8 Å². The van der Waals surface area contributed by atoms with Crippen LogP contribution in [-0.2, 0) is 56.9 Å². The quantitative estimate of drug-likeness (QED) is 0.149. The summed E-state index contributed by atoms with van der Waals surface area (Å²) >= 11 is 10.9. The molecular formula is C26H30FN8O10P2S3-. The Bertz CT molecular complexity index is 2110. The molecule has 0 aromatic carbocycles. The summed E-state index contributed by atoms with van der Waals surface area (Å²) in [6.07, 6.45) is -4.63. The third-order valence-electron chi connectivity index (χ3n) is 8.84. The summed E-state index contributed by atoms with van der Waals surface area (Å²) < 4.78 is 68.7. The molecule has 3 fully saturated rings. The van der Waals surface area contributed by atoms with Crippen molar-refractivity contribution in [2.45, 2.75) is 73.6 Å². The number of thioether (sulfide) groups is 1. The van der Waals surface area contributed by atoms with Gasteiger partial charge in [-0.25, -0.2) is 28.9 Å². The van der Waals surface area contributed by atoms with E-state index in [1.807, 2.05) is 0 Å². The van der Waals surface area contributed by atoms with Gasteiger partial charge in [0.05, 0.1) is 24.9 Å². The molecule has 0 amide bonds. The van der Waals surface area contributed by atoms with Gasteiger partial charge in [-0.3, -0.25) is 23.0 Å². The fraction of sp³-hybridized carbons (Fsp3) is 0.577. The van der Waals surface area contributed by atoms with E-state index in [-0.39, 0.29) is 24.3 Å². The number of ether oxygens (including phenoxy) is 2. The van der Waals surface area contributed by atoms with Gasteiger partial charge < -0.3 is 38.8 Å². The van der Waals surface area contributed by atoms with Crippen molar-refractivity contribution < 1.29 is 46.5 Å². The molecule has 4 aliphatic heterocycles. The number of thiol groups is 1. The zero-order valence-electron chi connectivity index (χ0n) is 25.7. The second kappa shape index (κ2) is 13.5. The number of nitrogens with two attached hydrogens (primary N) is 1. The number of fused-ring (bicyclic) bond motifs is 4. The monoisotopic (exact) mass is 791 g/mol. The fourth-order valence-electron chi connectivity index (χ4n) is 6.55. The highest BCUT2D eigenvalue weighted by molar-refractivity contribution is 8.44. The number of alkyl halides is 1. The average Bonchev–Trinajstić information content (AvgIpc) is 3.78. The molecule has 0 radical (unpaired) electrons. The first-order valence-electron chi connectivity index (χ1n) is 15.5. The minimum absolute atomic E-state index is 0.0263. The molecular weight excluding hydrogens is 761 g/mol. The van der Waals surface area contributed by atoms with Gasteiger partial charge in [-0.15, -0.1) is 11.8 Å². The Labute approximate surface area is 296 Å². The van der Waals surface area contributed by atoms with Gasteiger partial charge in [0.1, 0.15) is 60.6 Å². The van der Waals surface area contributed by atoms with Crippen LogP contribution in [0, 0.1) is 0 Å². The van der Waals surface area contributed by atoms with Crippen molar-refractivity contribution in [1.29, 1.82) is 0 Å². The maximum atomic E-state index is 16.4. The minimum atomic E-state index is -4.49. The topological polar surface area (TPSA) is 225 Å². The molecule has 0 saturated carbocycles. The zero-order chi connectivity index (χ0) is 34.9. The third-order valence-corrected chi connectivity index (χ3v) is 13.1. The van der Waals surface area contributed by atoms with E-state index in [1.54, 1.807) is 18.0 Å². The number of rotatable bonds is 4. The molecule has 2 bridgehead atoms. The Morgan fingerprint density at radius 3 is 2.70 bits per heavy atom. The Balaban J connectivity index is 1.10. The summed E-state index contributed by atoms with van der Waals surface area (Å²) in [7, 11) is 0. The van der Waals surface area contributed by atoms with Crippen LogP contribution in [-0.4, -0.2) is 101 Å². The highest BCUT2D eigenvalue weighted by atomic mass is 32.7. The Hall–Kier alpha value is -1.88. The number of nitrogens with zero attached hydrogens (tertiary/aromatic N) is 7. The first-order chi connectivity index (χ1) is 23.9. The Kier molecular flexibility index (Phi) is 9.50. The van der Waals surface area contributed by atoms with E-state index in [0.29, 0.717) is 5.65 Å². The van der Waals surface area contributed by atoms with Crippen molar-refractivity contribution in [3.63, 3.8) is 0 Å². The second-order valence-electron chi connectivity index (χ2n) is 12.0. The molecule has 3 N–H and O–H groups in total. The molecule has 3 saturated heterocycles. The summed E-state index contributed by atoms with van der Waals surface area (Å²) in [4.78, 5) is 43.7. The minimum Gasteiger partial charge on any atom is -0.780 e. The van der Waals surface area contributed by atoms with E-state index < -0.39 is 81.4 Å². The first-order valence-corrected chi connectivity index (χ1v) is 21.7. The molecule has 0 aliphatic carbocycles. The first kappa shape index (κ1) is 35.2. The molecule has 4 aromatic heterocycles. The highest BCUT2D eigenvalue weighted by Crippen LogP contribution is 2.58. The average molecular weight is 792 g/mol. The molecule has 8 rings (SSSR count). The van der Waals surface area contributed by atoms with Crippen LogP contribution < -0.4 is 16.2 Å². The summed E-state index contributed by atoms with van der Waals surface area (Å²) in [5.41, 5.74) is 6.51. The van der Waals surface area contributed by atoms with Gasteiger partial charge in [0.2, 0.25) is 0 Å². The van der Waals surface area contributed by atoms with Crippen LogP contribution in [0.5, 0.6) is 0 Å². The molecule has 2 unspecified atom stereocenters. The van der Waals surface area contributed by atoms with Crippen molar-refractivity contribution in [3.8, 4) is 0 Å². The number of halogens is 1. The van der Waals surface area contributed by atoms with Crippen LogP contribution in [0.4, 0.5) is 4.39 Å². The zero-order valence-corrected chi connectivity index (χ0v) is 30.1. The van der Waals surface area contributed by atoms with Crippen LogP contribution in [0.25, 0.3) is 22.2 Å². The van der Waals surface area contributed by atoms with Gasteiger partial charge >= 0.3 is 6.80 Å². The number of aromatic nitrogens is 7. The largest absolute Gasteiger partial charge is 0.780 e. The van der Waals surface area contributed by atoms with E-state index in [9.17, 15) is 19.4 Å². The number of hydrogen-bond donors (Lipinski definition) is 3. The second-order valence-corrected chi connectivity index (χ2v) is 18.6. The van der Waals surface area contributed by atoms with Crippen LogP contribution in [0.1, 0.15) is 24.4 Å². The molecule has 10 atom stereocenters. The third kappa shape index (κ3) is 6.30. The summed E-state index contributed by atoms with van der Waals surface area (Å²) in [6.45, 7) is -9.73. The molecule has 24 heteroatoms. The Morgan fingerprint density at radius 2 is 1.88 bits per heavy atom. The molecule has 8 heterocycles. The van der Waals surface area contributed by atoms with Crippen LogP contribution >= 0.6 is 37.5 Å². The molecule has 18 nitrogen and oxygen atoms in total. The van der Waals surface area contributed by atoms with Crippen molar-refractivity contribution >= 4 is 71.5 Å². The number of aliphatic hydroxyl groups is 1. The van der Waals surface area contributed by atoms with Gasteiger partial charge in [0.25, 0.3) is 5.56 Å². The Morgan fingerprint density at radius 1 is 1.08 bits per heavy atom. The van der Waals surface area contributed by atoms with E-state index in [1.165, 1.54) is 32.7 Å². The van der Waals surface area contributed by atoms with Crippen LogP contribution in [0.3, 0.4) is 0 Å². The molecule has 4 aromatic rings. The van der Waals surface area contributed by atoms with Gasteiger partial charge in [0, 0.05) is 19.3 Å². The normalized spacial score (nSPS) is 36.5. The van der Waals surface area contributed by atoms with Crippen molar-refractivity contribution in [1.82, 2.24) is 33.6 Å². The van der Waals surface area contributed by atoms with Crippen LogP contribution in [0.2, 0.25) is 0 Å². The van der Waals surface area contributed by atoms with E-state index in [0.717, 1.165) is 34.6 Å². The smallest absolute Gasteiger partial charge is 0.386 e. The van der Waals surface area contributed by atoms with E-state index in [4.69, 9.17) is 45.1 Å². The summed E-state index contributed by atoms with van der Waals surface area (Å²) in [5.74, 6) is 0.873. The van der Waals surface area contributed by atoms with Gasteiger partial charge in [-0.05, 0) is 24.2 Å². The predicted molar refractivity (Wildman–Crippen MR) is 179 cm³/mol. The number of hydrogen-bond acceptors (Lipinski definition) is 17. The lowest BCUT2D eigenvalue weighted by atomic mass is 10.1. The van der Waals surface area contributed by atoms with Crippen molar-refractivity contribution in [2.24, 2.45) is 5.73 Å². The van der Waals surface area contributed by atoms with E-state index in [2.05, 4.69) is 32.2 Å². The number of aryl methyl sites for hydroxylation is 1. The molecule has 0 spiro atoms. The summed E-state index contributed by atoms with van der Waals surface area (Å²) in [5, 5.41) is 12.8.